The van der Waals surface area contributed by atoms with Gasteiger partial charge < -0.3 is 9.47 Å². The molecule has 0 aliphatic carbocycles. The Bertz CT molecular complexity index is 1030. The molecule has 1 aromatic heterocycles. The molecule has 0 amide bonds. The maximum Gasteiger partial charge on any atom is 0.280 e. The Hall–Kier alpha value is -3.39. The first-order valence-electron chi connectivity index (χ1n) is 8.32. The van der Waals surface area contributed by atoms with Crippen LogP contribution in [0.4, 0.5) is 0 Å². The number of hydrogen-bond donors (Lipinski definition) is 1. The van der Waals surface area contributed by atoms with Gasteiger partial charge in [-0.05, 0) is 24.3 Å². The molecular formula is C20H19N3O4S. The average Bonchev–Trinajstić information content (AvgIpc) is 2.74. The molecule has 144 valence electrons. The van der Waals surface area contributed by atoms with Crippen molar-refractivity contribution in [3.05, 3.63) is 84.2 Å². The van der Waals surface area contributed by atoms with Crippen molar-refractivity contribution in [2.24, 2.45) is 5.10 Å². The lowest BCUT2D eigenvalue weighted by Crippen LogP contribution is -2.21. The highest BCUT2D eigenvalue weighted by Crippen LogP contribution is 2.28. The van der Waals surface area contributed by atoms with Crippen molar-refractivity contribution < 1.29 is 17.9 Å². The topological polar surface area (TPSA) is 89.9 Å². The normalized spacial score (nSPS) is 11.7. The summed E-state index contributed by atoms with van der Waals surface area (Å²) in [5.74, 6) is 0.643. The van der Waals surface area contributed by atoms with Gasteiger partial charge in [-0.25, -0.2) is 0 Å². The van der Waals surface area contributed by atoms with E-state index in [9.17, 15) is 8.42 Å². The minimum absolute atomic E-state index is 0.0434. The number of aromatic nitrogens is 1. The Morgan fingerprint density at radius 3 is 2.36 bits per heavy atom. The summed E-state index contributed by atoms with van der Waals surface area (Å²) in [4.78, 5) is 6.34. The van der Waals surface area contributed by atoms with Crippen molar-refractivity contribution in [2.75, 3.05) is 14.2 Å². The summed E-state index contributed by atoms with van der Waals surface area (Å²) >= 11 is 0. The van der Waals surface area contributed by atoms with E-state index in [2.05, 4.69) is 14.9 Å². The van der Waals surface area contributed by atoms with Crippen molar-refractivity contribution in [2.45, 2.75) is 4.90 Å². The van der Waals surface area contributed by atoms with Gasteiger partial charge in [0.15, 0.2) is 0 Å². The fraction of sp³-hybridized carbons (Fsp3) is 0.100. The van der Waals surface area contributed by atoms with Gasteiger partial charge in [0.25, 0.3) is 10.0 Å². The molecule has 3 aromatic rings. The van der Waals surface area contributed by atoms with Gasteiger partial charge >= 0.3 is 0 Å². The lowest BCUT2D eigenvalue weighted by Gasteiger charge is -2.12. The first-order valence-corrected chi connectivity index (χ1v) is 9.81. The zero-order chi connectivity index (χ0) is 20.0. The summed E-state index contributed by atoms with van der Waals surface area (Å²) in [6.07, 6.45) is 3.26. The highest BCUT2D eigenvalue weighted by Gasteiger charge is 2.20. The van der Waals surface area contributed by atoms with E-state index in [0.29, 0.717) is 17.0 Å². The molecule has 1 N–H and O–H groups in total. The van der Waals surface area contributed by atoms with Crippen molar-refractivity contribution in [1.29, 1.82) is 0 Å². The van der Waals surface area contributed by atoms with Crippen molar-refractivity contribution >= 4 is 15.7 Å². The fourth-order valence-corrected chi connectivity index (χ4v) is 3.51. The molecule has 8 heteroatoms. The molecule has 0 saturated carbocycles. The van der Waals surface area contributed by atoms with E-state index in [1.807, 2.05) is 30.3 Å². The number of nitrogens with one attached hydrogen (secondary N) is 1. The van der Waals surface area contributed by atoms with Crippen LogP contribution in [0.25, 0.3) is 0 Å². The first-order chi connectivity index (χ1) is 13.5. The first kappa shape index (κ1) is 19.4. The molecule has 0 spiro atoms. The maximum atomic E-state index is 12.8. The Kier molecular flexibility index (Phi) is 5.90. The maximum absolute atomic E-state index is 12.8. The summed E-state index contributed by atoms with van der Waals surface area (Å²) < 4.78 is 35.9. The van der Waals surface area contributed by atoms with Gasteiger partial charge in [-0.2, -0.15) is 18.4 Å². The Labute approximate surface area is 163 Å². The third kappa shape index (κ3) is 4.29. The Balaban J connectivity index is 2.01. The quantitative estimate of drug-likeness (QED) is 0.489. The number of ether oxygens (including phenoxy) is 2. The second kappa shape index (κ2) is 8.53. The lowest BCUT2D eigenvalue weighted by atomic mass is 10.0. The molecule has 3 rings (SSSR count). The van der Waals surface area contributed by atoms with Crippen LogP contribution in [-0.2, 0) is 10.0 Å². The summed E-state index contributed by atoms with van der Waals surface area (Å²) in [5.41, 5.74) is 1.88. The summed E-state index contributed by atoms with van der Waals surface area (Å²) in [6, 6.07) is 17.3. The number of pyridine rings is 1. The van der Waals surface area contributed by atoms with Crippen LogP contribution < -0.4 is 14.3 Å². The van der Waals surface area contributed by atoms with Gasteiger partial charge in [-0.3, -0.25) is 4.98 Å². The van der Waals surface area contributed by atoms with E-state index < -0.39 is 10.0 Å². The standard InChI is InChI=1S/C20H19N3O4S/c1-26-17-10-11-19(18(13-17)27-2)28(24,25)23-22-20(15-7-4-3-5-8-15)16-9-6-12-21-14-16/h3-14,23H,1-2H3. The zero-order valence-corrected chi connectivity index (χ0v) is 16.2. The van der Waals surface area contributed by atoms with Crippen LogP contribution in [-0.4, -0.2) is 33.3 Å². The average molecular weight is 397 g/mol. The van der Waals surface area contributed by atoms with Crippen LogP contribution in [0.2, 0.25) is 0 Å². The van der Waals surface area contributed by atoms with E-state index in [0.717, 1.165) is 5.56 Å². The van der Waals surface area contributed by atoms with E-state index >= 15 is 0 Å². The smallest absolute Gasteiger partial charge is 0.280 e. The molecule has 0 fully saturated rings. The van der Waals surface area contributed by atoms with E-state index in [1.165, 1.54) is 26.4 Å². The minimum Gasteiger partial charge on any atom is -0.497 e. The SMILES string of the molecule is COc1ccc(S(=O)(=O)NN=C(c2ccccc2)c2cccnc2)c(OC)c1. The van der Waals surface area contributed by atoms with Crippen molar-refractivity contribution in [1.82, 2.24) is 9.82 Å². The molecule has 0 bridgehead atoms. The third-order valence-electron chi connectivity index (χ3n) is 3.92. The Morgan fingerprint density at radius 2 is 1.71 bits per heavy atom. The molecular weight excluding hydrogens is 378 g/mol. The summed E-state index contributed by atoms with van der Waals surface area (Å²) in [6.45, 7) is 0. The van der Waals surface area contributed by atoms with Crippen LogP contribution in [0.1, 0.15) is 11.1 Å². The van der Waals surface area contributed by atoms with Crippen LogP contribution >= 0.6 is 0 Å². The monoisotopic (exact) mass is 397 g/mol. The van der Waals surface area contributed by atoms with Gasteiger partial charge in [-0.15, -0.1) is 0 Å². The number of sulfonamides is 1. The van der Waals surface area contributed by atoms with Crippen LogP contribution in [0.3, 0.4) is 0 Å². The second-order valence-electron chi connectivity index (χ2n) is 5.68. The second-order valence-corrected chi connectivity index (χ2v) is 7.31. The van der Waals surface area contributed by atoms with E-state index in [1.54, 1.807) is 30.6 Å². The number of hydrogen-bond acceptors (Lipinski definition) is 6. The molecule has 0 aliphatic rings. The van der Waals surface area contributed by atoms with Crippen LogP contribution in [0, 0.1) is 0 Å². The molecule has 28 heavy (non-hydrogen) atoms. The molecule has 0 unspecified atom stereocenters. The van der Waals surface area contributed by atoms with Gasteiger partial charge in [0, 0.05) is 29.6 Å². The van der Waals surface area contributed by atoms with E-state index in [4.69, 9.17) is 9.47 Å². The summed E-state index contributed by atoms with van der Waals surface area (Å²) in [7, 11) is -1.09. The third-order valence-corrected chi connectivity index (χ3v) is 5.17. The number of rotatable bonds is 7. The van der Waals surface area contributed by atoms with E-state index in [-0.39, 0.29) is 10.6 Å². The Morgan fingerprint density at radius 1 is 0.964 bits per heavy atom. The van der Waals surface area contributed by atoms with Gasteiger partial charge in [0.2, 0.25) is 0 Å². The number of methoxy groups -OCH3 is 2. The van der Waals surface area contributed by atoms with Gasteiger partial charge in [0.1, 0.15) is 22.1 Å². The molecule has 2 aromatic carbocycles. The molecule has 7 nitrogen and oxygen atoms in total. The number of nitrogens with zero attached hydrogens (tertiary/aromatic N) is 2. The lowest BCUT2D eigenvalue weighted by molar-refractivity contribution is 0.386. The highest BCUT2D eigenvalue weighted by molar-refractivity contribution is 7.89. The van der Waals surface area contributed by atoms with Crippen LogP contribution in [0.15, 0.2) is 83.1 Å². The zero-order valence-electron chi connectivity index (χ0n) is 15.4. The number of benzene rings is 2. The van der Waals surface area contributed by atoms with Crippen molar-refractivity contribution in [3.63, 3.8) is 0 Å². The van der Waals surface area contributed by atoms with Gasteiger partial charge in [0.05, 0.1) is 14.2 Å². The molecule has 1 heterocycles. The minimum atomic E-state index is -3.98. The fourth-order valence-electron chi connectivity index (χ4n) is 2.55. The van der Waals surface area contributed by atoms with Gasteiger partial charge in [-0.1, -0.05) is 30.3 Å². The summed E-state index contributed by atoms with van der Waals surface area (Å²) in [5, 5.41) is 4.18. The number of hydrazone groups is 1. The molecule has 0 saturated heterocycles. The molecule has 0 aliphatic heterocycles. The molecule has 0 atom stereocenters. The predicted molar refractivity (Wildman–Crippen MR) is 106 cm³/mol. The predicted octanol–water partition coefficient (Wildman–Crippen LogP) is 2.83. The highest BCUT2D eigenvalue weighted by atomic mass is 32.2. The van der Waals surface area contributed by atoms with Crippen LogP contribution in [0.5, 0.6) is 11.5 Å². The largest absolute Gasteiger partial charge is 0.497 e. The molecule has 0 radical (unpaired) electrons. The van der Waals surface area contributed by atoms with Crippen molar-refractivity contribution in [3.8, 4) is 11.5 Å².